The molecule has 0 fully saturated rings. The third-order valence-corrected chi connectivity index (χ3v) is 2.61. The van der Waals surface area contributed by atoms with Crippen LogP contribution in [0.25, 0.3) is 0 Å². The quantitative estimate of drug-likeness (QED) is 0.531. The van der Waals surface area contributed by atoms with Crippen LogP contribution in [0.15, 0.2) is 24.3 Å². The third kappa shape index (κ3) is 1.26. The number of esters is 1. The number of methoxy groups -OCH3 is 1. The SMILES string of the molecule is COC(=O)[C@@]1(O)Cc2ccccc2C1=O. The van der Waals surface area contributed by atoms with E-state index in [2.05, 4.69) is 4.74 Å². The Morgan fingerprint density at radius 2 is 2.13 bits per heavy atom. The lowest BCUT2D eigenvalue weighted by Crippen LogP contribution is -2.45. The van der Waals surface area contributed by atoms with Crippen molar-refractivity contribution in [1.82, 2.24) is 0 Å². The first-order chi connectivity index (χ1) is 7.09. The van der Waals surface area contributed by atoms with Gasteiger partial charge in [0, 0.05) is 12.0 Å². The van der Waals surface area contributed by atoms with Crippen LogP contribution < -0.4 is 0 Å². The van der Waals surface area contributed by atoms with E-state index >= 15 is 0 Å². The monoisotopic (exact) mass is 206 g/mol. The van der Waals surface area contributed by atoms with Gasteiger partial charge in [0.2, 0.25) is 11.4 Å². The number of rotatable bonds is 1. The molecule has 0 saturated heterocycles. The molecule has 2 rings (SSSR count). The second kappa shape index (κ2) is 3.17. The zero-order valence-corrected chi connectivity index (χ0v) is 8.19. The average molecular weight is 206 g/mol. The number of benzene rings is 1. The summed E-state index contributed by atoms with van der Waals surface area (Å²) in [5.74, 6) is -1.48. The lowest BCUT2D eigenvalue weighted by molar-refractivity contribution is -0.156. The summed E-state index contributed by atoms with van der Waals surface area (Å²) in [6.45, 7) is 0. The Hall–Kier alpha value is -1.68. The molecule has 78 valence electrons. The second-order valence-corrected chi connectivity index (χ2v) is 3.51. The van der Waals surface area contributed by atoms with Gasteiger partial charge in [-0.2, -0.15) is 0 Å². The molecule has 0 aromatic heterocycles. The minimum Gasteiger partial charge on any atom is -0.467 e. The van der Waals surface area contributed by atoms with Crippen LogP contribution in [0.4, 0.5) is 0 Å². The van der Waals surface area contributed by atoms with Crippen LogP contribution >= 0.6 is 0 Å². The summed E-state index contributed by atoms with van der Waals surface area (Å²) in [5, 5.41) is 9.93. The molecular weight excluding hydrogens is 196 g/mol. The Labute approximate surface area is 86.5 Å². The predicted molar refractivity (Wildman–Crippen MR) is 51.4 cm³/mol. The lowest BCUT2D eigenvalue weighted by Gasteiger charge is -2.16. The van der Waals surface area contributed by atoms with E-state index in [1.54, 1.807) is 24.3 Å². The van der Waals surface area contributed by atoms with Gasteiger partial charge in [-0.25, -0.2) is 4.79 Å². The Bertz CT molecular complexity index is 438. The maximum atomic E-state index is 11.8. The molecule has 15 heavy (non-hydrogen) atoms. The van der Waals surface area contributed by atoms with Crippen LogP contribution in [-0.2, 0) is 16.0 Å². The van der Waals surface area contributed by atoms with Crippen LogP contribution in [0.2, 0.25) is 0 Å². The van der Waals surface area contributed by atoms with Crippen molar-refractivity contribution < 1.29 is 19.4 Å². The summed E-state index contributed by atoms with van der Waals surface area (Å²) in [6, 6.07) is 6.77. The minimum absolute atomic E-state index is 0.00528. The minimum atomic E-state index is -2.03. The van der Waals surface area contributed by atoms with E-state index in [-0.39, 0.29) is 6.42 Å². The van der Waals surface area contributed by atoms with Crippen LogP contribution in [0.3, 0.4) is 0 Å². The number of Topliss-reactive ketones (excluding diaryl/α,β-unsaturated/α-hetero) is 1. The lowest BCUT2D eigenvalue weighted by atomic mass is 10.00. The molecule has 1 atom stereocenters. The fraction of sp³-hybridized carbons (Fsp3) is 0.273. The molecular formula is C11H10O4. The van der Waals surface area contributed by atoms with Gasteiger partial charge >= 0.3 is 5.97 Å². The molecule has 1 aliphatic carbocycles. The summed E-state index contributed by atoms with van der Waals surface area (Å²) in [6.07, 6.45) is -0.00528. The van der Waals surface area contributed by atoms with E-state index < -0.39 is 17.4 Å². The van der Waals surface area contributed by atoms with Gasteiger partial charge in [0.05, 0.1) is 7.11 Å². The van der Waals surface area contributed by atoms with Crippen LogP contribution in [0, 0.1) is 0 Å². The van der Waals surface area contributed by atoms with E-state index in [1.165, 1.54) is 0 Å². The topological polar surface area (TPSA) is 63.6 Å². The molecule has 0 spiro atoms. The maximum Gasteiger partial charge on any atom is 0.346 e. The van der Waals surface area contributed by atoms with Crippen molar-refractivity contribution in [2.45, 2.75) is 12.0 Å². The molecule has 1 aromatic carbocycles. The predicted octanol–water partition coefficient (Wildman–Crippen LogP) is 0.330. The largest absolute Gasteiger partial charge is 0.467 e. The van der Waals surface area contributed by atoms with E-state index in [0.717, 1.165) is 7.11 Å². The van der Waals surface area contributed by atoms with Crippen LogP contribution in [0.1, 0.15) is 15.9 Å². The fourth-order valence-corrected chi connectivity index (χ4v) is 1.81. The average Bonchev–Trinajstić information content (AvgIpc) is 2.52. The van der Waals surface area contributed by atoms with Crippen molar-refractivity contribution in [3.63, 3.8) is 0 Å². The van der Waals surface area contributed by atoms with Gasteiger partial charge in [0.25, 0.3) is 0 Å². The Kier molecular flexibility index (Phi) is 2.08. The maximum absolute atomic E-state index is 11.8. The van der Waals surface area contributed by atoms with Gasteiger partial charge < -0.3 is 9.84 Å². The molecule has 0 aliphatic heterocycles. The number of ketones is 1. The molecule has 0 radical (unpaired) electrons. The number of carbonyl (C=O) groups is 2. The van der Waals surface area contributed by atoms with Crippen molar-refractivity contribution in [2.24, 2.45) is 0 Å². The van der Waals surface area contributed by atoms with E-state index in [0.29, 0.717) is 11.1 Å². The molecule has 4 nitrogen and oxygen atoms in total. The van der Waals surface area contributed by atoms with Crippen molar-refractivity contribution in [2.75, 3.05) is 7.11 Å². The third-order valence-electron chi connectivity index (χ3n) is 2.61. The summed E-state index contributed by atoms with van der Waals surface area (Å²) < 4.78 is 4.43. The molecule has 1 aliphatic rings. The highest BCUT2D eigenvalue weighted by Gasteiger charge is 2.51. The molecule has 0 unspecified atom stereocenters. The Morgan fingerprint density at radius 1 is 1.47 bits per heavy atom. The highest BCUT2D eigenvalue weighted by atomic mass is 16.5. The molecule has 0 bridgehead atoms. The van der Waals surface area contributed by atoms with Crippen LogP contribution in [-0.4, -0.2) is 29.6 Å². The van der Waals surface area contributed by atoms with Crippen molar-refractivity contribution in [1.29, 1.82) is 0 Å². The Morgan fingerprint density at radius 3 is 2.73 bits per heavy atom. The first-order valence-electron chi connectivity index (χ1n) is 4.53. The van der Waals surface area contributed by atoms with E-state index in [1.807, 2.05) is 0 Å². The van der Waals surface area contributed by atoms with Gasteiger partial charge in [-0.05, 0) is 5.56 Å². The molecule has 0 saturated carbocycles. The number of carbonyl (C=O) groups excluding carboxylic acids is 2. The summed E-state index contributed by atoms with van der Waals surface area (Å²) in [5.41, 5.74) is -0.959. The number of hydrogen-bond donors (Lipinski definition) is 1. The molecule has 1 aromatic rings. The number of aliphatic hydroxyl groups is 1. The van der Waals surface area contributed by atoms with E-state index in [9.17, 15) is 14.7 Å². The first-order valence-corrected chi connectivity index (χ1v) is 4.53. The first kappa shape index (κ1) is 9.86. The smallest absolute Gasteiger partial charge is 0.346 e. The molecule has 0 heterocycles. The highest BCUT2D eigenvalue weighted by molar-refractivity contribution is 6.18. The van der Waals surface area contributed by atoms with Gasteiger partial charge in [-0.15, -0.1) is 0 Å². The zero-order valence-electron chi connectivity index (χ0n) is 8.19. The number of fused-ring (bicyclic) bond motifs is 1. The van der Waals surface area contributed by atoms with Crippen molar-refractivity contribution in [3.05, 3.63) is 35.4 Å². The fourth-order valence-electron chi connectivity index (χ4n) is 1.81. The van der Waals surface area contributed by atoms with Gasteiger partial charge in [-0.1, -0.05) is 24.3 Å². The van der Waals surface area contributed by atoms with Crippen LogP contribution in [0.5, 0.6) is 0 Å². The van der Waals surface area contributed by atoms with E-state index in [4.69, 9.17) is 0 Å². The number of hydrogen-bond acceptors (Lipinski definition) is 4. The summed E-state index contributed by atoms with van der Waals surface area (Å²) in [7, 11) is 1.15. The summed E-state index contributed by atoms with van der Waals surface area (Å²) >= 11 is 0. The van der Waals surface area contributed by atoms with Crippen molar-refractivity contribution >= 4 is 11.8 Å². The van der Waals surface area contributed by atoms with Gasteiger partial charge in [0.15, 0.2) is 0 Å². The van der Waals surface area contributed by atoms with Gasteiger partial charge in [0.1, 0.15) is 0 Å². The highest BCUT2D eigenvalue weighted by Crippen LogP contribution is 2.30. The number of ether oxygens (including phenoxy) is 1. The Balaban J connectivity index is 2.47. The zero-order chi connectivity index (χ0) is 11.1. The molecule has 0 amide bonds. The molecule has 4 heteroatoms. The second-order valence-electron chi connectivity index (χ2n) is 3.51. The van der Waals surface area contributed by atoms with Crippen molar-refractivity contribution in [3.8, 4) is 0 Å². The van der Waals surface area contributed by atoms with Gasteiger partial charge in [-0.3, -0.25) is 4.79 Å². The normalized spacial score (nSPS) is 23.7. The molecule has 1 N–H and O–H groups in total. The summed E-state index contributed by atoms with van der Waals surface area (Å²) in [4.78, 5) is 23.1. The standard InChI is InChI=1S/C11H10O4/c1-15-10(13)11(14)6-7-4-2-3-5-8(7)9(11)12/h2-5,14H,6H2,1H3/t11-/m1/s1.